The highest BCUT2D eigenvalue weighted by molar-refractivity contribution is 5.91. The Morgan fingerprint density at radius 3 is 2.68 bits per heavy atom. The Hall–Kier alpha value is -2.13. The predicted molar refractivity (Wildman–Crippen MR) is 73.1 cm³/mol. The van der Waals surface area contributed by atoms with Gasteiger partial charge in [-0.25, -0.2) is 4.79 Å². The van der Waals surface area contributed by atoms with E-state index < -0.39 is 0 Å². The van der Waals surface area contributed by atoms with E-state index in [2.05, 4.69) is 0 Å². The van der Waals surface area contributed by atoms with Gasteiger partial charge >= 0.3 is 5.97 Å². The molecular formula is C16H15NO2. The van der Waals surface area contributed by atoms with Gasteiger partial charge in [0.2, 0.25) is 0 Å². The van der Waals surface area contributed by atoms with Crippen molar-refractivity contribution in [1.82, 2.24) is 0 Å². The van der Waals surface area contributed by atoms with Crippen molar-refractivity contribution >= 4 is 5.97 Å². The second-order valence-electron chi connectivity index (χ2n) is 4.72. The van der Waals surface area contributed by atoms with E-state index in [0.717, 1.165) is 24.0 Å². The van der Waals surface area contributed by atoms with E-state index in [1.54, 1.807) is 12.1 Å². The normalized spacial score (nSPS) is 17.0. The molecule has 2 N–H and O–H groups in total. The van der Waals surface area contributed by atoms with Gasteiger partial charge < -0.3 is 10.5 Å². The maximum absolute atomic E-state index is 12.0. The number of carbonyl (C=O) groups is 1. The van der Waals surface area contributed by atoms with Crippen molar-refractivity contribution in [2.75, 3.05) is 0 Å². The second-order valence-corrected chi connectivity index (χ2v) is 4.72. The quantitative estimate of drug-likeness (QED) is 0.661. The second kappa shape index (κ2) is 4.86. The van der Waals surface area contributed by atoms with Crippen LogP contribution in [-0.2, 0) is 6.42 Å². The zero-order valence-electron chi connectivity index (χ0n) is 10.5. The van der Waals surface area contributed by atoms with Crippen LogP contribution in [0.4, 0.5) is 0 Å². The van der Waals surface area contributed by atoms with Crippen molar-refractivity contribution in [2.45, 2.75) is 18.9 Å². The third-order valence-electron chi connectivity index (χ3n) is 3.49. The summed E-state index contributed by atoms with van der Waals surface area (Å²) in [5.74, 6) is 0.314. The molecule has 0 saturated carbocycles. The van der Waals surface area contributed by atoms with Gasteiger partial charge in [-0.05, 0) is 42.2 Å². The SMILES string of the molecule is NC1CCc2c(OC(=O)c3ccccc3)cccc21. The van der Waals surface area contributed by atoms with Crippen LogP contribution < -0.4 is 10.5 Å². The highest BCUT2D eigenvalue weighted by Crippen LogP contribution is 2.35. The van der Waals surface area contributed by atoms with Crippen LogP contribution in [0.15, 0.2) is 48.5 Å². The summed E-state index contributed by atoms with van der Waals surface area (Å²) in [5, 5.41) is 0. The number of hydrogen-bond acceptors (Lipinski definition) is 3. The summed E-state index contributed by atoms with van der Waals surface area (Å²) in [6, 6.07) is 14.8. The molecule has 3 rings (SSSR count). The molecule has 3 heteroatoms. The van der Waals surface area contributed by atoms with E-state index in [9.17, 15) is 4.79 Å². The number of rotatable bonds is 2. The molecule has 0 aliphatic heterocycles. The Morgan fingerprint density at radius 2 is 1.89 bits per heavy atom. The van der Waals surface area contributed by atoms with Crippen LogP contribution in [0.2, 0.25) is 0 Å². The number of fused-ring (bicyclic) bond motifs is 1. The molecule has 19 heavy (non-hydrogen) atoms. The minimum atomic E-state index is -0.325. The Morgan fingerprint density at radius 1 is 1.11 bits per heavy atom. The largest absolute Gasteiger partial charge is 0.423 e. The molecule has 1 aliphatic carbocycles. The van der Waals surface area contributed by atoms with Crippen LogP contribution in [0, 0.1) is 0 Å². The molecular weight excluding hydrogens is 238 g/mol. The van der Waals surface area contributed by atoms with Crippen LogP contribution in [0.1, 0.15) is 33.9 Å². The molecule has 1 aliphatic rings. The number of benzene rings is 2. The lowest BCUT2D eigenvalue weighted by molar-refractivity contribution is 0.0733. The van der Waals surface area contributed by atoms with Crippen LogP contribution in [-0.4, -0.2) is 5.97 Å². The highest BCUT2D eigenvalue weighted by Gasteiger charge is 2.23. The van der Waals surface area contributed by atoms with E-state index >= 15 is 0 Å². The van der Waals surface area contributed by atoms with E-state index in [0.29, 0.717) is 11.3 Å². The molecule has 0 fully saturated rings. The van der Waals surface area contributed by atoms with Gasteiger partial charge in [-0.15, -0.1) is 0 Å². The highest BCUT2D eigenvalue weighted by atomic mass is 16.5. The summed E-state index contributed by atoms with van der Waals surface area (Å²) in [6.45, 7) is 0. The first-order valence-corrected chi connectivity index (χ1v) is 6.40. The Kier molecular flexibility index (Phi) is 3.05. The Labute approximate surface area is 112 Å². The molecule has 96 valence electrons. The van der Waals surface area contributed by atoms with Crippen molar-refractivity contribution < 1.29 is 9.53 Å². The summed E-state index contributed by atoms with van der Waals surface area (Å²) < 4.78 is 5.50. The van der Waals surface area contributed by atoms with Gasteiger partial charge in [-0.2, -0.15) is 0 Å². The number of hydrogen-bond donors (Lipinski definition) is 1. The molecule has 2 aromatic carbocycles. The van der Waals surface area contributed by atoms with Crippen molar-refractivity contribution in [3.8, 4) is 5.75 Å². The maximum Gasteiger partial charge on any atom is 0.343 e. The first kappa shape index (κ1) is 11.9. The van der Waals surface area contributed by atoms with Gasteiger partial charge in [0, 0.05) is 6.04 Å². The van der Waals surface area contributed by atoms with Crippen LogP contribution in [0.3, 0.4) is 0 Å². The monoisotopic (exact) mass is 253 g/mol. The average Bonchev–Trinajstić information content (AvgIpc) is 2.83. The summed E-state index contributed by atoms with van der Waals surface area (Å²) in [6.07, 6.45) is 1.78. The number of nitrogens with two attached hydrogens (primary N) is 1. The summed E-state index contributed by atoms with van der Waals surface area (Å²) in [7, 11) is 0. The Bertz CT molecular complexity index is 607. The smallest absolute Gasteiger partial charge is 0.343 e. The van der Waals surface area contributed by atoms with Gasteiger partial charge in [0.25, 0.3) is 0 Å². The predicted octanol–water partition coefficient (Wildman–Crippen LogP) is 2.85. The van der Waals surface area contributed by atoms with Crippen molar-refractivity contribution in [1.29, 1.82) is 0 Å². The summed E-state index contributed by atoms with van der Waals surface area (Å²) in [4.78, 5) is 12.0. The minimum Gasteiger partial charge on any atom is -0.423 e. The first-order chi connectivity index (χ1) is 9.25. The molecule has 0 amide bonds. The lowest BCUT2D eigenvalue weighted by Gasteiger charge is -2.10. The van der Waals surface area contributed by atoms with Gasteiger partial charge in [-0.3, -0.25) is 0 Å². The fourth-order valence-electron chi connectivity index (χ4n) is 2.48. The van der Waals surface area contributed by atoms with Crippen LogP contribution in [0.25, 0.3) is 0 Å². The molecule has 0 radical (unpaired) electrons. The molecule has 2 aromatic rings. The number of carbonyl (C=O) groups excluding carboxylic acids is 1. The minimum absolute atomic E-state index is 0.0605. The van der Waals surface area contributed by atoms with E-state index in [1.165, 1.54) is 0 Å². The fourth-order valence-corrected chi connectivity index (χ4v) is 2.48. The van der Waals surface area contributed by atoms with Gasteiger partial charge in [0.1, 0.15) is 5.75 Å². The maximum atomic E-state index is 12.0. The molecule has 1 atom stereocenters. The molecule has 0 spiro atoms. The van der Waals surface area contributed by atoms with Gasteiger partial charge in [0.15, 0.2) is 0 Å². The van der Waals surface area contributed by atoms with E-state index in [1.807, 2.05) is 36.4 Å². The van der Waals surface area contributed by atoms with Crippen molar-refractivity contribution in [3.63, 3.8) is 0 Å². The standard InChI is InChI=1S/C16H15NO2/c17-14-10-9-13-12(14)7-4-8-15(13)19-16(18)11-5-2-1-3-6-11/h1-8,14H,9-10,17H2. The molecule has 0 saturated heterocycles. The summed E-state index contributed by atoms with van der Waals surface area (Å²) in [5.41, 5.74) is 8.74. The lowest BCUT2D eigenvalue weighted by atomic mass is 10.1. The average molecular weight is 253 g/mol. The van der Waals surface area contributed by atoms with Gasteiger partial charge in [0.05, 0.1) is 5.56 Å². The van der Waals surface area contributed by atoms with Gasteiger partial charge in [-0.1, -0.05) is 30.3 Å². The summed E-state index contributed by atoms with van der Waals surface area (Å²) >= 11 is 0. The zero-order chi connectivity index (χ0) is 13.2. The van der Waals surface area contributed by atoms with E-state index in [4.69, 9.17) is 10.5 Å². The van der Waals surface area contributed by atoms with Crippen molar-refractivity contribution in [2.24, 2.45) is 5.73 Å². The van der Waals surface area contributed by atoms with Crippen LogP contribution >= 0.6 is 0 Å². The molecule has 0 heterocycles. The van der Waals surface area contributed by atoms with Crippen LogP contribution in [0.5, 0.6) is 5.75 Å². The van der Waals surface area contributed by atoms with Crippen molar-refractivity contribution in [3.05, 3.63) is 65.2 Å². The molecule has 3 nitrogen and oxygen atoms in total. The first-order valence-electron chi connectivity index (χ1n) is 6.40. The lowest BCUT2D eigenvalue weighted by Crippen LogP contribution is -2.10. The third-order valence-corrected chi connectivity index (χ3v) is 3.49. The fraction of sp³-hybridized carbons (Fsp3) is 0.188. The topological polar surface area (TPSA) is 52.3 Å². The Balaban J connectivity index is 1.87. The number of esters is 1. The van der Waals surface area contributed by atoms with E-state index in [-0.39, 0.29) is 12.0 Å². The third kappa shape index (κ3) is 2.25. The molecule has 1 unspecified atom stereocenters. The molecule has 0 aromatic heterocycles. The zero-order valence-corrected chi connectivity index (χ0v) is 10.5. The molecule has 0 bridgehead atoms. The number of ether oxygens (including phenoxy) is 1.